The summed E-state index contributed by atoms with van der Waals surface area (Å²) in [5.74, 6) is 0.888. The smallest absolute Gasteiger partial charge is 0.322 e. The van der Waals surface area contributed by atoms with Gasteiger partial charge >= 0.3 is 6.01 Å². The summed E-state index contributed by atoms with van der Waals surface area (Å²) in [5.41, 5.74) is -0.771. The van der Waals surface area contributed by atoms with Gasteiger partial charge in [-0.25, -0.2) is 0 Å². The number of nitrogens with one attached hydrogen (secondary N) is 1. The molecule has 0 aromatic carbocycles. The van der Waals surface area contributed by atoms with Gasteiger partial charge in [0.05, 0.1) is 12.7 Å². The molecule has 0 bridgehead atoms. The molecule has 1 aromatic rings. The second-order valence-electron chi connectivity index (χ2n) is 4.89. The van der Waals surface area contributed by atoms with Crippen molar-refractivity contribution >= 4 is 11.9 Å². The van der Waals surface area contributed by atoms with Gasteiger partial charge in [-0.3, -0.25) is 0 Å². The lowest BCUT2D eigenvalue weighted by Crippen LogP contribution is -2.46. The van der Waals surface area contributed by atoms with Crippen LogP contribution < -0.4 is 15.0 Å². The molecule has 112 valence electrons. The molecule has 2 rings (SSSR count). The maximum absolute atomic E-state index is 10.5. The molecule has 0 atom stereocenters. The van der Waals surface area contributed by atoms with E-state index in [2.05, 4.69) is 20.3 Å². The predicted molar refractivity (Wildman–Crippen MR) is 74.2 cm³/mol. The van der Waals surface area contributed by atoms with E-state index in [0.29, 0.717) is 44.5 Å². The van der Waals surface area contributed by atoms with Crippen LogP contribution in [0.1, 0.15) is 12.8 Å². The Labute approximate surface area is 118 Å². The Bertz CT molecular complexity index is 428. The summed E-state index contributed by atoms with van der Waals surface area (Å²) >= 11 is 0. The number of hydrogen-bond donors (Lipinski definition) is 2. The highest BCUT2D eigenvalue weighted by atomic mass is 16.5. The van der Waals surface area contributed by atoms with E-state index in [1.165, 1.54) is 7.11 Å². The molecular formula is C12H21N5O3. The third kappa shape index (κ3) is 3.45. The van der Waals surface area contributed by atoms with Gasteiger partial charge in [0.2, 0.25) is 11.9 Å². The Kier molecular flexibility index (Phi) is 4.56. The SMILES string of the molecule is CNc1nc(OC)nc(N(C)CC2(O)CCOCC2)n1. The van der Waals surface area contributed by atoms with Crippen LogP contribution in [0, 0.1) is 0 Å². The van der Waals surface area contributed by atoms with Crippen LogP contribution in [0.25, 0.3) is 0 Å². The maximum Gasteiger partial charge on any atom is 0.322 e. The second kappa shape index (κ2) is 6.19. The molecule has 0 saturated carbocycles. The van der Waals surface area contributed by atoms with Crippen LogP contribution in [-0.2, 0) is 4.74 Å². The molecule has 2 N–H and O–H groups in total. The normalized spacial score (nSPS) is 17.6. The number of rotatable bonds is 5. The Morgan fingerprint density at radius 2 is 2.05 bits per heavy atom. The first-order valence-electron chi connectivity index (χ1n) is 6.55. The standard InChI is InChI=1S/C12H21N5O3/c1-13-9-14-10(16-11(15-9)19-3)17(2)8-12(18)4-6-20-7-5-12/h18H,4-8H2,1-3H3,(H,13,14,15,16). The minimum Gasteiger partial charge on any atom is -0.467 e. The van der Waals surface area contributed by atoms with Crippen molar-refractivity contribution in [2.45, 2.75) is 18.4 Å². The van der Waals surface area contributed by atoms with Gasteiger partial charge in [-0.15, -0.1) is 0 Å². The van der Waals surface area contributed by atoms with E-state index in [1.54, 1.807) is 11.9 Å². The summed E-state index contributed by atoms with van der Waals surface area (Å²) in [5, 5.41) is 13.4. The zero-order valence-electron chi connectivity index (χ0n) is 12.1. The summed E-state index contributed by atoms with van der Waals surface area (Å²) < 4.78 is 10.3. The number of aromatic nitrogens is 3. The first-order valence-corrected chi connectivity index (χ1v) is 6.55. The van der Waals surface area contributed by atoms with Crippen LogP contribution >= 0.6 is 0 Å². The molecule has 1 aliphatic rings. The molecule has 8 nitrogen and oxygen atoms in total. The van der Waals surface area contributed by atoms with E-state index in [4.69, 9.17) is 9.47 Å². The van der Waals surface area contributed by atoms with Crippen molar-refractivity contribution in [1.82, 2.24) is 15.0 Å². The van der Waals surface area contributed by atoms with Gasteiger partial charge in [0, 0.05) is 46.7 Å². The fourth-order valence-corrected chi connectivity index (χ4v) is 2.14. The van der Waals surface area contributed by atoms with E-state index < -0.39 is 5.60 Å². The summed E-state index contributed by atoms with van der Waals surface area (Å²) in [6.07, 6.45) is 1.22. The van der Waals surface area contributed by atoms with Crippen molar-refractivity contribution in [1.29, 1.82) is 0 Å². The van der Waals surface area contributed by atoms with Gasteiger partial charge in [0.1, 0.15) is 0 Å². The van der Waals surface area contributed by atoms with Gasteiger partial charge in [0.25, 0.3) is 0 Å². The minimum absolute atomic E-state index is 0.241. The summed E-state index contributed by atoms with van der Waals surface area (Å²) in [6.45, 7) is 1.59. The van der Waals surface area contributed by atoms with Crippen molar-refractivity contribution in [2.75, 3.05) is 51.2 Å². The van der Waals surface area contributed by atoms with Crippen LogP contribution in [0.15, 0.2) is 0 Å². The molecular weight excluding hydrogens is 262 g/mol. The molecule has 2 heterocycles. The third-order valence-corrected chi connectivity index (χ3v) is 3.31. The third-order valence-electron chi connectivity index (χ3n) is 3.31. The Morgan fingerprint density at radius 3 is 2.65 bits per heavy atom. The van der Waals surface area contributed by atoms with Gasteiger partial charge in [0.15, 0.2) is 0 Å². The molecule has 1 aliphatic heterocycles. The van der Waals surface area contributed by atoms with E-state index >= 15 is 0 Å². The van der Waals surface area contributed by atoms with Crippen molar-refractivity contribution < 1.29 is 14.6 Å². The zero-order chi connectivity index (χ0) is 14.6. The lowest BCUT2D eigenvalue weighted by molar-refractivity contribution is -0.0574. The van der Waals surface area contributed by atoms with Crippen LogP contribution in [0.5, 0.6) is 6.01 Å². The van der Waals surface area contributed by atoms with Crippen molar-refractivity contribution in [2.24, 2.45) is 0 Å². The molecule has 0 radical (unpaired) electrons. The number of methoxy groups -OCH3 is 1. The summed E-state index contributed by atoms with van der Waals surface area (Å²) in [7, 11) is 5.07. The molecule has 20 heavy (non-hydrogen) atoms. The average Bonchev–Trinajstić information content (AvgIpc) is 2.46. The van der Waals surface area contributed by atoms with E-state index in [1.807, 2.05) is 7.05 Å². The van der Waals surface area contributed by atoms with E-state index in [-0.39, 0.29) is 6.01 Å². The molecule has 1 aromatic heterocycles. The van der Waals surface area contributed by atoms with Gasteiger partial charge in [-0.2, -0.15) is 15.0 Å². The number of anilines is 2. The average molecular weight is 283 g/mol. The molecule has 0 amide bonds. The highest BCUT2D eigenvalue weighted by molar-refractivity contribution is 5.37. The largest absolute Gasteiger partial charge is 0.467 e. The number of nitrogens with zero attached hydrogens (tertiary/aromatic N) is 4. The molecule has 0 aliphatic carbocycles. The van der Waals surface area contributed by atoms with Crippen molar-refractivity contribution in [3.63, 3.8) is 0 Å². The quantitative estimate of drug-likeness (QED) is 0.774. The monoisotopic (exact) mass is 283 g/mol. The van der Waals surface area contributed by atoms with Crippen LogP contribution in [0.2, 0.25) is 0 Å². The van der Waals surface area contributed by atoms with Gasteiger partial charge in [-0.1, -0.05) is 0 Å². The molecule has 0 unspecified atom stereocenters. The van der Waals surface area contributed by atoms with Crippen molar-refractivity contribution in [3.8, 4) is 6.01 Å². The highest BCUT2D eigenvalue weighted by Crippen LogP contribution is 2.23. The first kappa shape index (κ1) is 14.7. The maximum atomic E-state index is 10.5. The first-order chi connectivity index (χ1) is 9.56. The van der Waals surface area contributed by atoms with Crippen LogP contribution in [-0.4, -0.2) is 66.6 Å². The fourth-order valence-electron chi connectivity index (χ4n) is 2.14. The second-order valence-corrected chi connectivity index (χ2v) is 4.89. The highest BCUT2D eigenvalue weighted by Gasteiger charge is 2.32. The number of aliphatic hydroxyl groups is 1. The summed E-state index contributed by atoms with van der Waals surface area (Å²) in [4.78, 5) is 14.3. The summed E-state index contributed by atoms with van der Waals surface area (Å²) in [6, 6.07) is 0.241. The van der Waals surface area contributed by atoms with Crippen molar-refractivity contribution in [3.05, 3.63) is 0 Å². The molecule has 1 fully saturated rings. The molecule has 8 heteroatoms. The molecule has 0 spiro atoms. The Hall–Kier alpha value is -1.67. The van der Waals surface area contributed by atoms with Crippen LogP contribution in [0.4, 0.5) is 11.9 Å². The van der Waals surface area contributed by atoms with Gasteiger partial charge in [-0.05, 0) is 0 Å². The number of likely N-dealkylation sites (N-methyl/N-ethyl adjacent to an activating group) is 1. The lowest BCUT2D eigenvalue weighted by atomic mass is 9.94. The van der Waals surface area contributed by atoms with Crippen LogP contribution in [0.3, 0.4) is 0 Å². The van der Waals surface area contributed by atoms with E-state index in [0.717, 1.165) is 0 Å². The molecule has 1 saturated heterocycles. The predicted octanol–water partition coefficient (Wildman–Crippen LogP) is -0.100. The van der Waals surface area contributed by atoms with Gasteiger partial charge < -0.3 is 24.8 Å². The Morgan fingerprint density at radius 1 is 1.35 bits per heavy atom. The number of hydrogen-bond acceptors (Lipinski definition) is 8. The lowest BCUT2D eigenvalue weighted by Gasteiger charge is -2.35. The Balaban J connectivity index is 2.13. The van der Waals surface area contributed by atoms with E-state index in [9.17, 15) is 5.11 Å². The topological polar surface area (TPSA) is 92.6 Å². The zero-order valence-corrected chi connectivity index (χ0v) is 12.1. The number of ether oxygens (including phenoxy) is 2. The minimum atomic E-state index is -0.771. The fraction of sp³-hybridized carbons (Fsp3) is 0.750.